The van der Waals surface area contributed by atoms with E-state index >= 15 is 0 Å². The minimum Gasteiger partial charge on any atom is -0.378 e. The van der Waals surface area contributed by atoms with Crippen molar-refractivity contribution in [3.63, 3.8) is 0 Å². The van der Waals surface area contributed by atoms with Crippen LogP contribution in [-0.2, 0) is 22.6 Å². The maximum Gasteiger partial charge on any atom is 0.124 e. The van der Waals surface area contributed by atoms with Crippen LogP contribution >= 0.6 is 11.3 Å². The van der Waals surface area contributed by atoms with E-state index in [1.807, 2.05) is 0 Å². The fourth-order valence-electron chi connectivity index (χ4n) is 2.54. The first-order valence-corrected chi connectivity index (χ1v) is 8.62. The second kappa shape index (κ2) is 8.80. The van der Waals surface area contributed by atoms with Crippen molar-refractivity contribution in [3.05, 3.63) is 15.6 Å². The summed E-state index contributed by atoms with van der Waals surface area (Å²) in [7, 11) is 1.72. The Kier molecular flexibility index (Phi) is 7.06. The zero-order valence-electron chi connectivity index (χ0n) is 13.4. The molecule has 5 nitrogen and oxygen atoms in total. The summed E-state index contributed by atoms with van der Waals surface area (Å²) >= 11 is 1.76. The molecule has 2 heterocycles. The third-order valence-electron chi connectivity index (χ3n) is 3.58. The first kappa shape index (κ1) is 16.8. The summed E-state index contributed by atoms with van der Waals surface area (Å²) in [5, 5.41) is 4.47. The normalized spacial score (nSPS) is 20.0. The zero-order chi connectivity index (χ0) is 15.1. The van der Waals surface area contributed by atoms with Crippen molar-refractivity contribution >= 4 is 11.3 Å². The molecule has 21 heavy (non-hydrogen) atoms. The van der Waals surface area contributed by atoms with Gasteiger partial charge >= 0.3 is 0 Å². The predicted molar refractivity (Wildman–Crippen MR) is 85.6 cm³/mol. The summed E-state index contributed by atoms with van der Waals surface area (Å²) in [4.78, 5) is 8.51. The lowest BCUT2D eigenvalue weighted by atomic mass is 10.2. The second-order valence-electron chi connectivity index (χ2n) is 5.30. The van der Waals surface area contributed by atoms with E-state index in [-0.39, 0.29) is 6.10 Å². The van der Waals surface area contributed by atoms with Gasteiger partial charge in [0.25, 0.3) is 0 Å². The Morgan fingerprint density at radius 3 is 3.05 bits per heavy atom. The molecule has 0 radical (unpaired) electrons. The Hall–Kier alpha value is -0.530. The van der Waals surface area contributed by atoms with Crippen LogP contribution in [0.2, 0.25) is 0 Å². The first-order chi connectivity index (χ1) is 10.3. The van der Waals surface area contributed by atoms with Gasteiger partial charge in [0.1, 0.15) is 11.1 Å². The first-order valence-electron chi connectivity index (χ1n) is 7.80. The number of nitrogens with one attached hydrogen (secondary N) is 1. The molecule has 1 aromatic rings. The number of methoxy groups -OCH3 is 1. The topological polar surface area (TPSA) is 46.6 Å². The van der Waals surface area contributed by atoms with Gasteiger partial charge in [0.15, 0.2) is 0 Å². The molecular weight excluding hydrogens is 286 g/mol. The molecule has 2 rings (SSSR count). The molecule has 1 N–H and O–H groups in total. The molecule has 1 aromatic heterocycles. The Balaban J connectivity index is 2.07. The van der Waals surface area contributed by atoms with Crippen molar-refractivity contribution in [1.82, 2.24) is 15.2 Å². The molecule has 0 aliphatic carbocycles. The number of thiazole rings is 1. The van der Waals surface area contributed by atoms with Crippen LogP contribution in [0.25, 0.3) is 0 Å². The van der Waals surface area contributed by atoms with E-state index in [1.54, 1.807) is 18.4 Å². The van der Waals surface area contributed by atoms with Gasteiger partial charge in [-0.3, -0.25) is 4.90 Å². The van der Waals surface area contributed by atoms with Gasteiger partial charge in [0.05, 0.1) is 18.9 Å². The van der Waals surface area contributed by atoms with Gasteiger partial charge in [-0.15, -0.1) is 11.3 Å². The zero-order valence-corrected chi connectivity index (χ0v) is 14.2. The molecule has 1 aliphatic rings. The maximum absolute atomic E-state index is 5.94. The number of rotatable bonds is 8. The van der Waals surface area contributed by atoms with E-state index < -0.39 is 0 Å². The fraction of sp³-hybridized carbons (Fsp3) is 0.800. The number of ether oxygens (including phenoxy) is 2. The van der Waals surface area contributed by atoms with E-state index in [1.165, 1.54) is 11.3 Å². The largest absolute Gasteiger partial charge is 0.378 e. The maximum atomic E-state index is 5.94. The highest BCUT2D eigenvalue weighted by molar-refractivity contribution is 7.11. The summed E-state index contributed by atoms with van der Waals surface area (Å²) in [5.41, 5.74) is 1.05. The quantitative estimate of drug-likeness (QED) is 0.797. The van der Waals surface area contributed by atoms with Crippen molar-refractivity contribution < 1.29 is 9.47 Å². The van der Waals surface area contributed by atoms with Gasteiger partial charge in [-0.1, -0.05) is 13.8 Å². The van der Waals surface area contributed by atoms with E-state index in [4.69, 9.17) is 14.5 Å². The van der Waals surface area contributed by atoms with E-state index in [9.17, 15) is 0 Å². The molecule has 0 amide bonds. The standard InChI is InChI=1S/C15H27N3O2S/c1-4-6-18-7-8-20-13(10-18)15-17-12(11-19-3)14(21-15)9-16-5-2/h13,16H,4-11H2,1-3H3. The molecule has 120 valence electrons. The van der Waals surface area contributed by atoms with Crippen LogP contribution < -0.4 is 5.32 Å². The molecule has 0 aromatic carbocycles. The number of morpholine rings is 1. The Morgan fingerprint density at radius 1 is 1.48 bits per heavy atom. The molecule has 1 atom stereocenters. The molecule has 1 unspecified atom stereocenters. The van der Waals surface area contributed by atoms with Crippen molar-refractivity contribution in [2.75, 3.05) is 39.9 Å². The minimum absolute atomic E-state index is 0.112. The summed E-state index contributed by atoms with van der Waals surface area (Å²) in [5.74, 6) is 0. The van der Waals surface area contributed by atoms with E-state index in [0.29, 0.717) is 6.61 Å². The summed E-state index contributed by atoms with van der Waals surface area (Å²) < 4.78 is 11.2. The monoisotopic (exact) mass is 313 g/mol. The fourth-order valence-corrected chi connectivity index (χ4v) is 3.62. The van der Waals surface area contributed by atoms with Crippen molar-refractivity contribution in [1.29, 1.82) is 0 Å². The van der Waals surface area contributed by atoms with Gasteiger partial charge in [0, 0.05) is 31.6 Å². The average Bonchev–Trinajstić information content (AvgIpc) is 2.89. The molecule has 1 aliphatic heterocycles. The molecular formula is C15H27N3O2S. The van der Waals surface area contributed by atoms with Crippen LogP contribution in [0.3, 0.4) is 0 Å². The van der Waals surface area contributed by atoms with E-state index in [2.05, 4.69) is 24.1 Å². The van der Waals surface area contributed by atoms with Crippen LogP contribution in [0.15, 0.2) is 0 Å². The van der Waals surface area contributed by atoms with Gasteiger partial charge in [0.2, 0.25) is 0 Å². The van der Waals surface area contributed by atoms with Crippen molar-refractivity contribution in [3.8, 4) is 0 Å². The smallest absolute Gasteiger partial charge is 0.124 e. The van der Waals surface area contributed by atoms with Gasteiger partial charge < -0.3 is 14.8 Å². The Bertz CT molecular complexity index is 423. The Labute approximate surface area is 131 Å². The van der Waals surface area contributed by atoms with Gasteiger partial charge in [-0.05, 0) is 19.5 Å². The number of aromatic nitrogens is 1. The van der Waals surface area contributed by atoms with E-state index in [0.717, 1.165) is 50.0 Å². The van der Waals surface area contributed by atoms with Crippen molar-refractivity contribution in [2.24, 2.45) is 0 Å². The highest BCUT2D eigenvalue weighted by Crippen LogP contribution is 2.29. The molecule has 0 bridgehead atoms. The Morgan fingerprint density at radius 2 is 2.33 bits per heavy atom. The highest BCUT2D eigenvalue weighted by Gasteiger charge is 2.25. The SMILES string of the molecule is CCCN1CCOC(c2nc(COC)c(CNCC)s2)C1. The van der Waals surface area contributed by atoms with Crippen LogP contribution in [-0.4, -0.2) is 49.8 Å². The van der Waals surface area contributed by atoms with Gasteiger partial charge in [-0.25, -0.2) is 4.98 Å². The van der Waals surface area contributed by atoms with Crippen LogP contribution in [0.1, 0.15) is 42.0 Å². The number of hydrogen-bond acceptors (Lipinski definition) is 6. The number of hydrogen-bond donors (Lipinski definition) is 1. The number of nitrogens with zero attached hydrogens (tertiary/aromatic N) is 2. The third kappa shape index (κ3) is 4.72. The third-order valence-corrected chi connectivity index (χ3v) is 4.77. The molecule has 0 saturated carbocycles. The summed E-state index contributed by atoms with van der Waals surface area (Å²) in [6.07, 6.45) is 1.30. The average molecular weight is 313 g/mol. The lowest BCUT2D eigenvalue weighted by molar-refractivity contribution is -0.0300. The lowest BCUT2D eigenvalue weighted by Gasteiger charge is -2.31. The highest BCUT2D eigenvalue weighted by atomic mass is 32.1. The van der Waals surface area contributed by atoms with Gasteiger partial charge in [-0.2, -0.15) is 0 Å². The lowest BCUT2D eigenvalue weighted by Crippen LogP contribution is -2.38. The summed E-state index contributed by atoms with van der Waals surface area (Å²) in [6, 6.07) is 0. The second-order valence-corrected chi connectivity index (χ2v) is 6.41. The predicted octanol–water partition coefficient (Wildman–Crippen LogP) is 2.18. The van der Waals surface area contributed by atoms with Crippen molar-refractivity contribution in [2.45, 2.75) is 39.5 Å². The molecule has 0 spiro atoms. The molecule has 6 heteroatoms. The molecule has 1 fully saturated rings. The van der Waals surface area contributed by atoms with Crippen LogP contribution in [0.5, 0.6) is 0 Å². The van der Waals surface area contributed by atoms with Crippen LogP contribution in [0.4, 0.5) is 0 Å². The minimum atomic E-state index is 0.112. The molecule has 1 saturated heterocycles. The van der Waals surface area contributed by atoms with Crippen LogP contribution in [0, 0.1) is 0 Å². The summed E-state index contributed by atoms with van der Waals surface area (Å²) in [6.45, 7) is 10.7.